The number of aryl methyl sites for hydroxylation is 1. The molecule has 1 aromatic carbocycles. The van der Waals surface area contributed by atoms with E-state index in [1.54, 1.807) is 20.4 Å². The van der Waals surface area contributed by atoms with Crippen molar-refractivity contribution in [2.75, 3.05) is 14.2 Å². The molecule has 6 heteroatoms. The lowest BCUT2D eigenvalue weighted by Gasteiger charge is -2.11. The molecule has 0 aliphatic heterocycles. The van der Waals surface area contributed by atoms with E-state index >= 15 is 0 Å². The van der Waals surface area contributed by atoms with Gasteiger partial charge in [0.1, 0.15) is 11.5 Å². The Morgan fingerprint density at radius 1 is 1.19 bits per heavy atom. The van der Waals surface area contributed by atoms with Gasteiger partial charge in [-0.05, 0) is 42.9 Å². The quantitative estimate of drug-likeness (QED) is 0.753. The number of nitrogens with one attached hydrogen (secondary N) is 1. The molecule has 0 saturated carbocycles. The molecular weight excluding hydrogens is 286 g/mol. The van der Waals surface area contributed by atoms with Crippen molar-refractivity contribution in [2.45, 2.75) is 6.92 Å². The van der Waals surface area contributed by atoms with Gasteiger partial charge in [0.05, 0.1) is 25.4 Å². The highest BCUT2D eigenvalue weighted by atomic mass is 32.1. The molecule has 2 heterocycles. The summed E-state index contributed by atoms with van der Waals surface area (Å²) in [6.07, 6.45) is 1.77. The molecule has 21 heavy (non-hydrogen) atoms. The zero-order chi connectivity index (χ0) is 15.0. The molecule has 0 aliphatic carbocycles. The van der Waals surface area contributed by atoms with E-state index in [1.165, 1.54) is 0 Å². The monoisotopic (exact) mass is 301 g/mol. The summed E-state index contributed by atoms with van der Waals surface area (Å²) >= 11 is 5.45. The van der Waals surface area contributed by atoms with Crippen LogP contribution in [0.15, 0.2) is 30.5 Å². The van der Waals surface area contributed by atoms with E-state index in [0.717, 1.165) is 28.2 Å². The van der Waals surface area contributed by atoms with E-state index in [9.17, 15) is 0 Å². The van der Waals surface area contributed by atoms with Crippen molar-refractivity contribution in [3.63, 3.8) is 0 Å². The molecule has 3 aromatic rings. The van der Waals surface area contributed by atoms with Gasteiger partial charge in [-0.1, -0.05) is 0 Å². The van der Waals surface area contributed by atoms with E-state index in [-0.39, 0.29) is 0 Å². The highest BCUT2D eigenvalue weighted by molar-refractivity contribution is 7.71. The SMILES string of the molecule is COc1ccc(OC)c(-n2c(=S)[nH]c3c(C)ccnc32)c1. The Morgan fingerprint density at radius 2 is 2.00 bits per heavy atom. The normalized spacial score (nSPS) is 10.8. The van der Waals surface area contributed by atoms with E-state index in [4.69, 9.17) is 21.7 Å². The summed E-state index contributed by atoms with van der Waals surface area (Å²) in [5, 5.41) is 0. The summed E-state index contributed by atoms with van der Waals surface area (Å²) in [5.74, 6) is 1.44. The molecule has 0 spiro atoms. The second kappa shape index (κ2) is 5.21. The van der Waals surface area contributed by atoms with E-state index in [0.29, 0.717) is 10.5 Å². The van der Waals surface area contributed by atoms with E-state index in [1.807, 2.05) is 35.8 Å². The summed E-state index contributed by atoms with van der Waals surface area (Å²) in [5.41, 5.74) is 3.58. The van der Waals surface area contributed by atoms with Gasteiger partial charge in [-0.2, -0.15) is 0 Å². The Labute approximate surface area is 127 Å². The van der Waals surface area contributed by atoms with Crippen molar-refractivity contribution in [1.82, 2.24) is 14.5 Å². The Hall–Kier alpha value is -2.34. The van der Waals surface area contributed by atoms with Crippen LogP contribution in [0, 0.1) is 11.7 Å². The maximum atomic E-state index is 5.45. The maximum absolute atomic E-state index is 5.45. The minimum Gasteiger partial charge on any atom is -0.497 e. The van der Waals surface area contributed by atoms with Gasteiger partial charge in [0, 0.05) is 12.3 Å². The largest absolute Gasteiger partial charge is 0.497 e. The van der Waals surface area contributed by atoms with Crippen molar-refractivity contribution in [3.05, 3.63) is 40.8 Å². The Balaban J connectivity index is 2.37. The zero-order valence-electron chi connectivity index (χ0n) is 12.0. The number of imidazole rings is 1. The van der Waals surface area contributed by atoms with Crippen molar-refractivity contribution >= 4 is 23.4 Å². The first kappa shape index (κ1) is 13.6. The number of hydrogen-bond donors (Lipinski definition) is 1. The van der Waals surface area contributed by atoms with Crippen LogP contribution in [0.1, 0.15) is 5.56 Å². The van der Waals surface area contributed by atoms with Gasteiger partial charge in [0.15, 0.2) is 10.4 Å². The van der Waals surface area contributed by atoms with Crippen LogP contribution in [-0.4, -0.2) is 28.8 Å². The maximum Gasteiger partial charge on any atom is 0.184 e. The molecule has 0 amide bonds. The predicted octanol–water partition coefficient (Wildman–Crippen LogP) is 3.41. The van der Waals surface area contributed by atoms with Crippen molar-refractivity contribution in [2.24, 2.45) is 0 Å². The molecular formula is C15H15N3O2S. The van der Waals surface area contributed by atoms with Crippen LogP contribution in [0.4, 0.5) is 0 Å². The number of pyridine rings is 1. The molecule has 0 bridgehead atoms. The number of methoxy groups -OCH3 is 2. The van der Waals surface area contributed by atoms with Crippen molar-refractivity contribution < 1.29 is 9.47 Å². The zero-order valence-corrected chi connectivity index (χ0v) is 12.8. The predicted molar refractivity (Wildman–Crippen MR) is 84.1 cm³/mol. The van der Waals surface area contributed by atoms with Gasteiger partial charge in [-0.3, -0.25) is 4.57 Å². The summed E-state index contributed by atoms with van der Waals surface area (Å²) in [6.45, 7) is 2.02. The summed E-state index contributed by atoms with van der Waals surface area (Å²) < 4.78 is 13.2. The van der Waals surface area contributed by atoms with Crippen LogP contribution in [0.5, 0.6) is 11.5 Å². The van der Waals surface area contributed by atoms with Crippen LogP contribution < -0.4 is 9.47 Å². The third-order valence-electron chi connectivity index (χ3n) is 3.41. The minimum atomic E-state index is 0.568. The first-order valence-corrected chi connectivity index (χ1v) is 6.85. The highest BCUT2D eigenvalue weighted by Gasteiger charge is 2.14. The van der Waals surface area contributed by atoms with Gasteiger partial charge >= 0.3 is 0 Å². The lowest BCUT2D eigenvalue weighted by atomic mass is 10.2. The summed E-state index contributed by atoms with van der Waals surface area (Å²) in [6, 6.07) is 7.52. The molecule has 0 aliphatic rings. The molecule has 0 radical (unpaired) electrons. The molecule has 5 nitrogen and oxygen atoms in total. The number of benzene rings is 1. The number of H-pyrrole nitrogens is 1. The fourth-order valence-corrected chi connectivity index (χ4v) is 2.61. The van der Waals surface area contributed by atoms with E-state index < -0.39 is 0 Å². The number of ether oxygens (including phenoxy) is 2. The number of aromatic amines is 1. The van der Waals surface area contributed by atoms with Crippen LogP contribution in [-0.2, 0) is 0 Å². The number of fused-ring (bicyclic) bond motifs is 1. The highest BCUT2D eigenvalue weighted by Crippen LogP contribution is 2.30. The Kier molecular flexibility index (Phi) is 3.39. The number of hydrogen-bond acceptors (Lipinski definition) is 4. The lowest BCUT2D eigenvalue weighted by Crippen LogP contribution is -2.00. The average molecular weight is 301 g/mol. The molecule has 1 N–H and O–H groups in total. The second-order valence-corrected chi connectivity index (χ2v) is 5.02. The summed E-state index contributed by atoms with van der Waals surface area (Å²) in [7, 11) is 3.25. The van der Waals surface area contributed by atoms with E-state index in [2.05, 4.69) is 9.97 Å². The number of nitrogens with zero attached hydrogens (tertiary/aromatic N) is 2. The topological polar surface area (TPSA) is 52.1 Å². The van der Waals surface area contributed by atoms with Gasteiger partial charge < -0.3 is 14.5 Å². The molecule has 0 unspecified atom stereocenters. The first-order valence-electron chi connectivity index (χ1n) is 6.44. The number of aromatic nitrogens is 3. The fourth-order valence-electron chi connectivity index (χ4n) is 2.32. The lowest BCUT2D eigenvalue weighted by molar-refractivity contribution is 0.401. The third-order valence-corrected chi connectivity index (χ3v) is 3.70. The Morgan fingerprint density at radius 3 is 2.71 bits per heavy atom. The van der Waals surface area contributed by atoms with Crippen molar-refractivity contribution in [1.29, 1.82) is 0 Å². The number of rotatable bonds is 3. The third kappa shape index (κ3) is 2.17. The van der Waals surface area contributed by atoms with Gasteiger partial charge in [-0.15, -0.1) is 0 Å². The van der Waals surface area contributed by atoms with Crippen LogP contribution in [0.25, 0.3) is 16.9 Å². The fraction of sp³-hybridized carbons (Fsp3) is 0.200. The summed E-state index contributed by atoms with van der Waals surface area (Å²) in [4.78, 5) is 7.64. The Bertz CT molecular complexity index is 867. The minimum absolute atomic E-state index is 0.568. The first-order chi connectivity index (χ1) is 10.2. The standard InChI is InChI=1S/C15H15N3O2S/c1-9-6-7-16-14-13(9)17-15(21)18(14)11-8-10(19-2)4-5-12(11)20-3/h4-8H,1-3H3,(H,17,21). The van der Waals surface area contributed by atoms with Gasteiger partial charge in [0.2, 0.25) is 0 Å². The average Bonchev–Trinajstić information content (AvgIpc) is 2.84. The smallest absolute Gasteiger partial charge is 0.184 e. The van der Waals surface area contributed by atoms with Gasteiger partial charge in [0.25, 0.3) is 0 Å². The molecule has 0 saturated heterocycles. The van der Waals surface area contributed by atoms with Crippen LogP contribution in [0.2, 0.25) is 0 Å². The molecule has 108 valence electrons. The second-order valence-electron chi connectivity index (χ2n) is 4.63. The molecule has 0 atom stereocenters. The van der Waals surface area contributed by atoms with Crippen LogP contribution in [0.3, 0.4) is 0 Å². The van der Waals surface area contributed by atoms with Gasteiger partial charge in [-0.25, -0.2) is 4.98 Å². The van der Waals surface area contributed by atoms with Crippen LogP contribution >= 0.6 is 12.2 Å². The molecule has 2 aromatic heterocycles. The molecule has 3 rings (SSSR count). The van der Waals surface area contributed by atoms with Crippen molar-refractivity contribution in [3.8, 4) is 17.2 Å². The molecule has 0 fully saturated rings.